The summed E-state index contributed by atoms with van der Waals surface area (Å²) in [7, 11) is 1.78. The Hall–Kier alpha value is -2.34. The van der Waals surface area contributed by atoms with Crippen molar-refractivity contribution in [1.29, 1.82) is 0 Å². The van der Waals surface area contributed by atoms with Gasteiger partial charge in [-0.25, -0.2) is 0 Å². The van der Waals surface area contributed by atoms with Crippen LogP contribution in [0.3, 0.4) is 0 Å². The predicted molar refractivity (Wildman–Crippen MR) is 102 cm³/mol. The molecular weight excluding hydrogens is 365 g/mol. The summed E-state index contributed by atoms with van der Waals surface area (Å²) in [6, 6.07) is 15.4. The number of carbonyl (C=O) groups excluding carboxylic acids is 1. The van der Waals surface area contributed by atoms with Crippen LogP contribution < -0.4 is 0 Å². The third-order valence-electron chi connectivity index (χ3n) is 5.21. The number of nitrogens with zero attached hydrogens (tertiary/aromatic N) is 2. The molecule has 0 spiro atoms. The molecule has 1 heterocycles. The SMILES string of the molecule is CN(Cc1ccccc1)C(=O)[C@@H]1CCCN(Cc2ccccc2C(F)(F)F)C1. The van der Waals surface area contributed by atoms with E-state index in [-0.39, 0.29) is 23.9 Å². The quantitative estimate of drug-likeness (QED) is 0.746. The van der Waals surface area contributed by atoms with Crippen LogP contribution >= 0.6 is 0 Å². The third kappa shape index (κ3) is 5.13. The second-order valence-electron chi connectivity index (χ2n) is 7.41. The van der Waals surface area contributed by atoms with Crippen molar-refractivity contribution in [3.8, 4) is 0 Å². The number of benzene rings is 2. The van der Waals surface area contributed by atoms with Crippen LogP contribution in [0.4, 0.5) is 13.2 Å². The molecule has 150 valence electrons. The maximum atomic E-state index is 13.2. The molecule has 0 saturated carbocycles. The smallest absolute Gasteiger partial charge is 0.341 e. The standard InChI is InChI=1S/C22H25F3N2O/c1-26(14-17-8-3-2-4-9-17)21(28)19-11-7-13-27(16-19)15-18-10-5-6-12-20(18)22(23,24)25/h2-6,8-10,12,19H,7,11,13-16H2,1H3/t19-/m1/s1. The molecule has 1 amide bonds. The lowest BCUT2D eigenvalue weighted by molar-refractivity contribution is -0.139. The number of alkyl halides is 3. The van der Waals surface area contributed by atoms with Crippen LogP contribution in [0.5, 0.6) is 0 Å². The van der Waals surface area contributed by atoms with Crippen LogP contribution in [0.25, 0.3) is 0 Å². The Balaban J connectivity index is 1.64. The molecule has 1 aliphatic heterocycles. The summed E-state index contributed by atoms with van der Waals surface area (Å²) >= 11 is 0. The summed E-state index contributed by atoms with van der Waals surface area (Å²) in [5.41, 5.74) is 0.732. The molecule has 2 aromatic rings. The first-order valence-corrected chi connectivity index (χ1v) is 9.51. The fourth-order valence-electron chi connectivity index (χ4n) is 3.82. The molecular formula is C22H25F3N2O. The van der Waals surface area contributed by atoms with Crippen molar-refractivity contribution >= 4 is 5.91 Å². The van der Waals surface area contributed by atoms with Crippen molar-refractivity contribution in [1.82, 2.24) is 9.80 Å². The zero-order valence-electron chi connectivity index (χ0n) is 16.0. The van der Waals surface area contributed by atoms with Gasteiger partial charge < -0.3 is 4.90 Å². The number of hydrogen-bond donors (Lipinski definition) is 0. The van der Waals surface area contributed by atoms with E-state index < -0.39 is 11.7 Å². The molecule has 0 aliphatic carbocycles. The van der Waals surface area contributed by atoms with Crippen LogP contribution in [0.2, 0.25) is 0 Å². The maximum Gasteiger partial charge on any atom is 0.416 e. The molecule has 2 aromatic carbocycles. The molecule has 0 N–H and O–H groups in total. The highest BCUT2D eigenvalue weighted by molar-refractivity contribution is 5.79. The van der Waals surface area contributed by atoms with E-state index in [2.05, 4.69) is 0 Å². The minimum atomic E-state index is -4.36. The maximum absolute atomic E-state index is 13.2. The molecule has 3 rings (SSSR count). The number of halogens is 3. The fraction of sp³-hybridized carbons (Fsp3) is 0.409. The molecule has 0 aromatic heterocycles. The Morgan fingerprint density at radius 3 is 2.50 bits per heavy atom. The summed E-state index contributed by atoms with van der Waals surface area (Å²) in [6.45, 7) is 1.94. The highest BCUT2D eigenvalue weighted by atomic mass is 19.4. The van der Waals surface area contributed by atoms with Crippen molar-refractivity contribution in [3.05, 3.63) is 71.3 Å². The lowest BCUT2D eigenvalue weighted by Crippen LogP contribution is -2.43. The summed E-state index contributed by atoms with van der Waals surface area (Å²) in [4.78, 5) is 16.5. The Morgan fingerprint density at radius 2 is 1.79 bits per heavy atom. The van der Waals surface area contributed by atoms with Gasteiger partial charge in [-0.3, -0.25) is 9.69 Å². The molecule has 1 fully saturated rings. The van der Waals surface area contributed by atoms with Gasteiger partial charge in [-0.1, -0.05) is 48.5 Å². The second-order valence-corrected chi connectivity index (χ2v) is 7.41. The van der Waals surface area contributed by atoms with Gasteiger partial charge in [0.1, 0.15) is 0 Å². The molecule has 1 saturated heterocycles. The lowest BCUT2D eigenvalue weighted by Gasteiger charge is -2.34. The number of piperidine rings is 1. The molecule has 0 bridgehead atoms. The Morgan fingerprint density at radius 1 is 1.11 bits per heavy atom. The van der Waals surface area contributed by atoms with E-state index in [0.29, 0.717) is 19.6 Å². The van der Waals surface area contributed by atoms with Gasteiger partial charge in [-0.05, 0) is 36.6 Å². The zero-order chi connectivity index (χ0) is 20.1. The van der Waals surface area contributed by atoms with Gasteiger partial charge in [0.2, 0.25) is 5.91 Å². The van der Waals surface area contributed by atoms with Crippen molar-refractivity contribution < 1.29 is 18.0 Å². The van der Waals surface area contributed by atoms with Crippen molar-refractivity contribution in [3.63, 3.8) is 0 Å². The highest BCUT2D eigenvalue weighted by Gasteiger charge is 2.34. The molecule has 1 aliphatic rings. The van der Waals surface area contributed by atoms with Crippen LogP contribution in [-0.2, 0) is 24.1 Å². The number of amides is 1. The number of carbonyl (C=O) groups is 1. The van der Waals surface area contributed by atoms with E-state index in [0.717, 1.165) is 24.5 Å². The van der Waals surface area contributed by atoms with Gasteiger partial charge in [0, 0.05) is 26.7 Å². The Labute approximate surface area is 163 Å². The first-order valence-electron chi connectivity index (χ1n) is 9.51. The minimum Gasteiger partial charge on any atom is -0.341 e. The van der Waals surface area contributed by atoms with Gasteiger partial charge in [0.25, 0.3) is 0 Å². The second kappa shape index (κ2) is 8.78. The van der Waals surface area contributed by atoms with Crippen LogP contribution in [0.1, 0.15) is 29.5 Å². The number of likely N-dealkylation sites (tertiary alicyclic amines) is 1. The summed E-state index contributed by atoms with van der Waals surface area (Å²) < 4.78 is 39.7. The van der Waals surface area contributed by atoms with E-state index in [1.807, 2.05) is 35.2 Å². The van der Waals surface area contributed by atoms with Crippen LogP contribution in [-0.4, -0.2) is 35.8 Å². The minimum absolute atomic E-state index is 0.0534. The van der Waals surface area contributed by atoms with Crippen LogP contribution in [0, 0.1) is 5.92 Å². The highest BCUT2D eigenvalue weighted by Crippen LogP contribution is 2.33. The summed E-state index contributed by atoms with van der Waals surface area (Å²) in [6.07, 6.45) is -2.78. The lowest BCUT2D eigenvalue weighted by atomic mass is 9.95. The predicted octanol–water partition coefficient (Wildman–Crippen LogP) is 4.58. The van der Waals surface area contributed by atoms with E-state index in [9.17, 15) is 18.0 Å². The average Bonchev–Trinajstić information content (AvgIpc) is 2.68. The van der Waals surface area contributed by atoms with Crippen molar-refractivity contribution in [2.24, 2.45) is 5.92 Å². The monoisotopic (exact) mass is 390 g/mol. The van der Waals surface area contributed by atoms with Crippen molar-refractivity contribution in [2.75, 3.05) is 20.1 Å². The van der Waals surface area contributed by atoms with Gasteiger partial charge in [0.05, 0.1) is 11.5 Å². The van der Waals surface area contributed by atoms with E-state index in [1.54, 1.807) is 18.0 Å². The molecule has 0 radical (unpaired) electrons. The van der Waals surface area contributed by atoms with Gasteiger partial charge in [-0.15, -0.1) is 0 Å². The van der Waals surface area contributed by atoms with Gasteiger partial charge >= 0.3 is 6.18 Å². The Bertz CT molecular complexity index is 792. The molecule has 28 heavy (non-hydrogen) atoms. The normalized spacial score (nSPS) is 18.1. The topological polar surface area (TPSA) is 23.6 Å². The van der Waals surface area contributed by atoms with Gasteiger partial charge in [0.15, 0.2) is 0 Å². The third-order valence-corrected chi connectivity index (χ3v) is 5.21. The van der Waals surface area contributed by atoms with Crippen LogP contribution in [0.15, 0.2) is 54.6 Å². The fourth-order valence-corrected chi connectivity index (χ4v) is 3.82. The molecule has 0 unspecified atom stereocenters. The van der Waals surface area contributed by atoms with E-state index in [4.69, 9.17) is 0 Å². The largest absolute Gasteiger partial charge is 0.416 e. The van der Waals surface area contributed by atoms with E-state index >= 15 is 0 Å². The van der Waals surface area contributed by atoms with Crippen molar-refractivity contribution in [2.45, 2.75) is 32.1 Å². The molecule has 1 atom stereocenters. The number of rotatable bonds is 5. The zero-order valence-corrected chi connectivity index (χ0v) is 16.0. The molecule has 3 nitrogen and oxygen atoms in total. The first kappa shape index (κ1) is 20.4. The number of hydrogen-bond acceptors (Lipinski definition) is 2. The summed E-state index contributed by atoms with van der Waals surface area (Å²) in [5.74, 6) is -0.127. The van der Waals surface area contributed by atoms with E-state index in [1.165, 1.54) is 12.1 Å². The average molecular weight is 390 g/mol. The molecule has 6 heteroatoms. The summed E-state index contributed by atoms with van der Waals surface area (Å²) in [5, 5.41) is 0. The first-order chi connectivity index (χ1) is 13.3. The Kier molecular flexibility index (Phi) is 6.39. The van der Waals surface area contributed by atoms with Gasteiger partial charge in [-0.2, -0.15) is 13.2 Å².